The third-order valence-corrected chi connectivity index (χ3v) is 4.70. The van der Waals surface area contributed by atoms with Crippen molar-refractivity contribution in [3.63, 3.8) is 0 Å². The van der Waals surface area contributed by atoms with Gasteiger partial charge in [-0.3, -0.25) is 0 Å². The van der Waals surface area contributed by atoms with Gasteiger partial charge in [0.1, 0.15) is 5.60 Å². The molecular weight excluding hydrogens is 360 g/mol. The van der Waals surface area contributed by atoms with E-state index in [4.69, 9.17) is 4.74 Å². The molecule has 0 saturated heterocycles. The van der Waals surface area contributed by atoms with Gasteiger partial charge in [-0.1, -0.05) is 107 Å². The molecule has 0 heterocycles. The summed E-state index contributed by atoms with van der Waals surface area (Å²) >= 11 is 3.51. The summed E-state index contributed by atoms with van der Waals surface area (Å²) in [7, 11) is 0. The van der Waals surface area contributed by atoms with E-state index in [-0.39, 0.29) is 0 Å². The average Bonchev–Trinajstić information content (AvgIpc) is 2.68. The second-order valence-electron chi connectivity index (χ2n) is 5.67. The highest BCUT2D eigenvalue weighted by Gasteiger charge is 2.37. The van der Waals surface area contributed by atoms with Crippen molar-refractivity contribution in [2.45, 2.75) is 12.0 Å². The monoisotopic (exact) mass is 380 g/mol. The fraction of sp³-hybridized carbons (Fsp3) is 0.182. The van der Waals surface area contributed by atoms with E-state index in [0.717, 1.165) is 28.4 Å². The minimum Gasteiger partial charge on any atom is -0.361 e. The Bertz CT molecular complexity index is 629. The summed E-state index contributed by atoms with van der Waals surface area (Å²) in [5.41, 5.74) is 2.86. The maximum atomic E-state index is 6.60. The Morgan fingerprint density at radius 2 is 1.00 bits per heavy atom. The van der Waals surface area contributed by atoms with Crippen LogP contribution in [-0.2, 0) is 10.3 Å². The zero-order valence-electron chi connectivity index (χ0n) is 13.6. The summed E-state index contributed by atoms with van der Waals surface area (Å²) < 4.78 is 6.60. The fourth-order valence-corrected chi connectivity index (χ4v) is 3.28. The smallest absolute Gasteiger partial charge is 0.143 e. The van der Waals surface area contributed by atoms with Gasteiger partial charge in [0, 0.05) is 11.9 Å². The number of ether oxygens (including phenoxy) is 1. The molecule has 0 saturated carbocycles. The van der Waals surface area contributed by atoms with E-state index in [9.17, 15) is 0 Å². The van der Waals surface area contributed by atoms with Crippen LogP contribution < -0.4 is 0 Å². The lowest BCUT2D eigenvalue weighted by atomic mass is 9.80. The molecule has 0 amide bonds. The van der Waals surface area contributed by atoms with Crippen LogP contribution in [0.3, 0.4) is 0 Å². The van der Waals surface area contributed by atoms with Crippen LogP contribution in [-0.4, -0.2) is 11.9 Å². The first kappa shape index (κ1) is 16.9. The van der Waals surface area contributed by atoms with Gasteiger partial charge in [0.2, 0.25) is 0 Å². The lowest BCUT2D eigenvalue weighted by Crippen LogP contribution is -2.33. The minimum absolute atomic E-state index is 0.591. The van der Waals surface area contributed by atoms with E-state index in [1.54, 1.807) is 0 Å². The Morgan fingerprint density at radius 3 is 1.33 bits per heavy atom. The van der Waals surface area contributed by atoms with E-state index >= 15 is 0 Å². The number of benzene rings is 3. The molecule has 0 spiro atoms. The van der Waals surface area contributed by atoms with Crippen LogP contribution in [0.15, 0.2) is 91.0 Å². The van der Waals surface area contributed by atoms with Crippen molar-refractivity contribution in [1.82, 2.24) is 0 Å². The van der Waals surface area contributed by atoms with Crippen molar-refractivity contribution >= 4 is 15.9 Å². The summed E-state index contributed by atoms with van der Waals surface area (Å²) in [6.45, 7) is 0.684. The molecule has 3 aromatic rings. The summed E-state index contributed by atoms with van der Waals surface area (Å²) in [6, 6.07) is 31.5. The van der Waals surface area contributed by atoms with Gasteiger partial charge in [-0.15, -0.1) is 0 Å². The minimum atomic E-state index is -0.591. The number of alkyl halides is 1. The van der Waals surface area contributed by atoms with Crippen molar-refractivity contribution in [1.29, 1.82) is 0 Å². The number of halogens is 1. The van der Waals surface area contributed by atoms with Crippen LogP contribution in [0.2, 0.25) is 0 Å². The van der Waals surface area contributed by atoms with Gasteiger partial charge < -0.3 is 4.74 Å². The lowest BCUT2D eigenvalue weighted by Gasteiger charge is -2.36. The number of hydrogen-bond acceptors (Lipinski definition) is 1. The Morgan fingerprint density at radius 1 is 0.625 bits per heavy atom. The standard InChI is InChI=1S/C22H21BrO/c23-17-10-18-24-22(19-11-4-1-5-12-19,20-13-6-2-7-14-20)21-15-8-3-9-16-21/h1-9,11-16H,10,17-18H2. The van der Waals surface area contributed by atoms with Crippen molar-refractivity contribution in [2.75, 3.05) is 11.9 Å². The highest BCUT2D eigenvalue weighted by molar-refractivity contribution is 9.09. The van der Waals surface area contributed by atoms with E-state index in [1.807, 2.05) is 18.2 Å². The number of rotatable bonds is 7. The molecule has 0 unspecified atom stereocenters. The second kappa shape index (κ2) is 8.27. The maximum Gasteiger partial charge on any atom is 0.143 e. The Hall–Kier alpha value is -1.90. The van der Waals surface area contributed by atoms with Gasteiger partial charge in [0.05, 0.1) is 0 Å². The largest absolute Gasteiger partial charge is 0.361 e. The first-order chi connectivity index (χ1) is 11.9. The van der Waals surface area contributed by atoms with E-state index in [2.05, 4.69) is 88.7 Å². The molecule has 0 radical (unpaired) electrons. The molecule has 3 rings (SSSR count). The third-order valence-electron chi connectivity index (χ3n) is 4.14. The van der Waals surface area contributed by atoms with Crippen LogP contribution in [0.5, 0.6) is 0 Å². The molecule has 0 aromatic heterocycles. The summed E-state index contributed by atoms with van der Waals surface area (Å²) in [6.07, 6.45) is 0.967. The van der Waals surface area contributed by atoms with Gasteiger partial charge in [-0.05, 0) is 23.1 Å². The molecule has 24 heavy (non-hydrogen) atoms. The Balaban J connectivity index is 2.20. The van der Waals surface area contributed by atoms with Crippen molar-refractivity contribution in [3.05, 3.63) is 108 Å². The van der Waals surface area contributed by atoms with Crippen LogP contribution in [0, 0.1) is 0 Å². The van der Waals surface area contributed by atoms with Gasteiger partial charge in [-0.25, -0.2) is 0 Å². The van der Waals surface area contributed by atoms with Gasteiger partial charge in [0.15, 0.2) is 0 Å². The van der Waals surface area contributed by atoms with E-state index in [0.29, 0.717) is 6.61 Å². The van der Waals surface area contributed by atoms with Crippen LogP contribution in [0.1, 0.15) is 23.1 Å². The molecule has 2 heteroatoms. The average molecular weight is 381 g/mol. The number of hydrogen-bond donors (Lipinski definition) is 0. The predicted molar refractivity (Wildman–Crippen MR) is 104 cm³/mol. The molecule has 0 fully saturated rings. The quantitative estimate of drug-likeness (QED) is 0.286. The van der Waals surface area contributed by atoms with Crippen LogP contribution in [0.4, 0.5) is 0 Å². The third kappa shape index (κ3) is 3.45. The molecule has 1 nitrogen and oxygen atoms in total. The zero-order valence-corrected chi connectivity index (χ0v) is 15.2. The zero-order chi connectivity index (χ0) is 16.7. The van der Waals surface area contributed by atoms with Gasteiger partial charge in [0.25, 0.3) is 0 Å². The summed E-state index contributed by atoms with van der Waals surface area (Å²) in [5, 5.41) is 0.932. The SMILES string of the molecule is BrCCCOC(c1ccccc1)(c1ccccc1)c1ccccc1. The normalized spacial score (nSPS) is 11.4. The van der Waals surface area contributed by atoms with E-state index in [1.165, 1.54) is 0 Å². The van der Waals surface area contributed by atoms with Crippen LogP contribution >= 0.6 is 15.9 Å². The maximum absolute atomic E-state index is 6.60. The second-order valence-corrected chi connectivity index (χ2v) is 6.46. The van der Waals surface area contributed by atoms with Crippen molar-refractivity contribution in [3.8, 4) is 0 Å². The van der Waals surface area contributed by atoms with Gasteiger partial charge in [-0.2, -0.15) is 0 Å². The first-order valence-electron chi connectivity index (χ1n) is 8.24. The molecule has 122 valence electrons. The lowest BCUT2D eigenvalue weighted by molar-refractivity contribution is 0.0138. The molecule has 3 aromatic carbocycles. The molecule has 0 bridgehead atoms. The van der Waals surface area contributed by atoms with E-state index < -0.39 is 5.60 Å². The Labute approximate surface area is 152 Å². The highest BCUT2D eigenvalue weighted by Crippen LogP contribution is 2.40. The Kier molecular flexibility index (Phi) is 5.84. The highest BCUT2D eigenvalue weighted by atomic mass is 79.9. The summed E-state index contributed by atoms with van der Waals surface area (Å²) in [5.74, 6) is 0. The fourth-order valence-electron chi connectivity index (χ4n) is 3.05. The van der Waals surface area contributed by atoms with Crippen molar-refractivity contribution in [2.24, 2.45) is 0 Å². The molecule has 0 N–H and O–H groups in total. The molecular formula is C22H21BrO. The van der Waals surface area contributed by atoms with Crippen molar-refractivity contribution < 1.29 is 4.74 Å². The topological polar surface area (TPSA) is 9.23 Å². The predicted octanol–water partition coefficient (Wildman–Crippen LogP) is 5.78. The van der Waals surface area contributed by atoms with Gasteiger partial charge >= 0.3 is 0 Å². The first-order valence-corrected chi connectivity index (χ1v) is 9.36. The molecule has 0 aliphatic carbocycles. The molecule has 0 aliphatic rings. The molecule has 0 atom stereocenters. The molecule has 0 aliphatic heterocycles. The summed E-state index contributed by atoms with van der Waals surface area (Å²) in [4.78, 5) is 0. The van der Waals surface area contributed by atoms with Crippen LogP contribution in [0.25, 0.3) is 0 Å².